The van der Waals surface area contributed by atoms with E-state index in [0.29, 0.717) is 29.2 Å². The number of aromatic nitrogens is 3. The first-order chi connectivity index (χ1) is 11.6. The molecule has 0 spiro atoms. The Morgan fingerprint density at radius 2 is 2.25 bits per heavy atom. The molecule has 0 bridgehead atoms. The minimum Gasteiger partial charge on any atom is -0.493 e. The number of ether oxygens (including phenoxy) is 1. The predicted molar refractivity (Wildman–Crippen MR) is 93.9 cm³/mol. The van der Waals surface area contributed by atoms with Gasteiger partial charge in [-0.15, -0.1) is 0 Å². The quantitative estimate of drug-likeness (QED) is 0.865. The van der Waals surface area contributed by atoms with Gasteiger partial charge in [-0.05, 0) is 44.1 Å². The fourth-order valence-corrected chi connectivity index (χ4v) is 3.33. The summed E-state index contributed by atoms with van der Waals surface area (Å²) in [6.45, 7) is 3.86. The summed E-state index contributed by atoms with van der Waals surface area (Å²) in [4.78, 5) is 14.8. The van der Waals surface area contributed by atoms with Gasteiger partial charge in [0.05, 0.1) is 12.2 Å². The largest absolute Gasteiger partial charge is 0.493 e. The molecule has 7 heteroatoms. The molecule has 0 saturated carbocycles. The fraction of sp³-hybridized carbons (Fsp3) is 0.471. The van der Waals surface area contributed by atoms with Crippen LogP contribution in [-0.2, 0) is 7.05 Å². The highest BCUT2D eigenvalue weighted by atomic mass is 32.1. The monoisotopic (exact) mass is 346 g/mol. The number of likely N-dealkylation sites (tertiary alicyclic amines) is 1. The van der Waals surface area contributed by atoms with Crippen LogP contribution in [0.4, 0.5) is 0 Å². The number of carbonyl (C=O) groups excluding carboxylic acids is 1. The number of nitrogens with one attached hydrogen (secondary N) is 1. The van der Waals surface area contributed by atoms with E-state index in [-0.39, 0.29) is 11.8 Å². The van der Waals surface area contributed by atoms with E-state index in [1.807, 2.05) is 47.7 Å². The zero-order valence-electron chi connectivity index (χ0n) is 14.0. The number of rotatable bonds is 4. The Bertz CT molecular complexity index is 783. The number of benzene rings is 1. The molecule has 0 aliphatic carbocycles. The average Bonchev–Trinajstić information content (AvgIpc) is 2.94. The topological polar surface area (TPSA) is 63.1 Å². The number of nitrogens with zero attached hydrogens (tertiary/aromatic N) is 3. The highest BCUT2D eigenvalue weighted by Crippen LogP contribution is 2.28. The molecular weight excluding hydrogens is 324 g/mol. The van der Waals surface area contributed by atoms with Crippen molar-refractivity contribution in [2.45, 2.75) is 25.7 Å². The zero-order valence-corrected chi connectivity index (χ0v) is 14.8. The Kier molecular flexibility index (Phi) is 4.99. The third-order valence-corrected chi connectivity index (χ3v) is 4.77. The minimum atomic E-state index is 0.0144. The molecule has 1 aliphatic heterocycles. The first kappa shape index (κ1) is 16.7. The van der Waals surface area contributed by atoms with E-state index in [1.165, 1.54) is 0 Å². The Morgan fingerprint density at radius 1 is 1.46 bits per heavy atom. The predicted octanol–water partition coefficient (Wildman–Crippen LogP) is 2.90. The molecule has 1 N–H and O–H groups in total. The summed E-state index contributed by atoms with van der Waals surface area (Å²) >= 11 is 5.19. The van der Waals surface area contributed by atoms with Gasteiger partial charge in [0.2, 0.25) is 0 Å². The van der Waals surface area contributed by atoms with Crippen molar-refractivity contribution in [1.82, 2.24) is 19.7 Å². The third-order valence-electron chi connectivity index (χ3n) is 4.41. The molecule has 1 saturated heterocycles. The fourth-order valence-electron chi connectivity index (χ4n) is 3.19. The van der Waals surface area contributed by atoms with Crippen molar-refractivity contribution >= 4 is 18.1 Å². The van der Waals surface area contributed by atoms with Crippen molar-refractivity contribution in [3.63, 3.8) is 0 Å². The van der Waals surface area contributed by atoms with E-state index in [4.69, 9.17) is 17.0 Å². The van der Waals surface area contributed by atoms with Gasteiger partial charge in [0.15, 0.2) is 4.77 Å². The Morgan fingerprint density at radius 3 is 2.96 bits per heavy atom. The average molecular weight is 346 g/mol. The normalized spacial score (nSPS) is 17.8. The van der Waals surface area contributed by atoms with Crippen molar-refractivity contribution in [3.05, 3.63) is 40.4 Å². The second-order valence-corrected chi connectivity index (χ2v) is 6.35. The molecule has 128 valence electrons. The molecule has 0 unspecified atom stereocenters. The maximum atomic E-state index is 13.0. The minimum absolute atomic E-state index is 0.0144. The van der Waals surface area contributed by atoms with Crippen LogP contribution in [0.3, 0.4) is 0 Å². The summed E-state index contributed by atoms with van der Waals surface area (Å²) in [7, 11) is 1.91. The molecule has 2 heterocycles. The molecular formula is C17H22N4O2S. The van der Waals surface area contributed by atoms with Gasteiger partial charge >= 0.3 is 0 Å². The lowest BCUT2D eigenvalue weighted by molar-refractivity contribution is 0.0699. The number of para-hydroxylation sites is 1. The van der Waals surface area contributed by atoms with E-state index in [1.54, 1.807) is 0 Å². The second kappa shape index (κ2) is 7.17. The van der Waals surface area contributed by atoms with Gasteiger partial charge in [-0.2, -0.15) is 5.10 Å². The van der Waals surface area contributed by atoms with E-state index >= 15 is 0 Å². The van der Waals surface area contributed by atoms with E-state index in [2.05, 4.69) is 10.2 Å². The van der Waals surface area contributed by atoms with Gasteiger partial charge in [-0.25, -0.2) is 0 Å². The first-order valence-electron chi connectivity index (χ1n) is 8.24. The van der Waals surface area contributed by atoms with E-state index < -0.39 is 0 Å². The lowest BCUT2D eigenvalue weighted by Gasteiger charge is -2.32. The van der Waals surface area contributed by atoms with Gasteiger partial charge < -0.3 is 14.2 Å². The SMILES string of the molecule is CCOc1ccccc1C(=O)N1CCC[C@H](c2n[nH]c(=S)n2C)C1. The van der Waals surface area contributed by atoms with Gasteiger partial charge in [-0.1, -0.05) is 12.1 Å². The standard InChI is InChI=1S/C17H22N4O2S/c1-3-23-14-9-5-4-8-13(14)16(22)21-10-6-7-12(11-21)15-18-19-17(24)20(15)2/h4-5,8-9,12H,3,6-7,10-11H2,1-2H3,(H,19,24)/t12-/m0/s1. The number of aromatic amines is 1. The second-order valence-electron chi connectivity index (χ2n) is 5.97. The summed E-state index contributed by atoms with van der Waals surface area (Å²) in [6, 6.07) is 7.42. The van der Waals surface area contributed by atoms with E-state index in [9.17, 15) is 4.79 Å². The Hall–Kier alpha value is -2.15. The summed E-state index contributed by atoms with van der Waals surface area (Å²) < 4.78 is 8.10. The summed E-state index contributed by atoms with van der Waals surface area (Å²) in [5, 5.41) is 7.16. The summed E-state index contributed by atoms with van der Waals surface area (Å²) in [5.41, 5.74) is 0.621. The first-order valence-corrected chi connectivity index (χ1v) is 8.65. The number of hydrogen-bond acceptors (Lipinski definition) is 4. The van der Waals surface area contributed by atoms with E-state index in [0.717, 1.165) is 25.2 Å². The van der Waals surface area contributed by atoms with Gasteiger partial charge in [0.25, 0.3) is 5.91 Å². The highest BCUT2D eigenvalue weighted by molar-refractivity contribution is 7.71. The Balaban J connectivity index is 1.81. The lowest BCUT2D eigenvalue weighted by Crippen LogP contribution is -2.39. The molecule has 1 aliphatic rings. The molecule has 24 heavy (non-hydrogen) atoms. The van der Waals surface area contributed by atoms with Crippen molar-refractivity contribution in [2.75, 3.05) is 19.7 Å². The smallest absolute Gasteiger partial charge is 0.257 e. The Labute approximate surface area is 146 Å². The van der Waals surface area contributed by atoms with Crippen LogP contribution >= 0.6 is 12.2 Å². The van der Waals surface area contributed by atoms with Crippen LogP contribution in [0, 0.1) is 4.77 Å². The number of hydrogen-bond donors (Lipinski definition) is 1. The van der Waals surface area contributed by atoms with Crippen molar-refractivity contribution in [2.24, 2.45) is 7.05 Å². The van der Waals surface area contributed by atoms with Crippen LogP contribution in [0.15, 0.2) is 24.3 Å². The summed E-state index contributed by atoms with van der Waals surface area (Å²) in [5.74, 6) is 1.77. The molecule has 1 aromatic heterocycles. The van der Waals surface area contributed by atoms with Crippen molar-refractivity contribution < 1.29 is 9.53 Å². The molecule has 2 aromatic rings. The molecule has 1 fully saturated rings. The van der Waals surface area contributed by atoms with Crippen molar-refractivity contribution in [1.29, 1.82) is 0 Å². The molecule has 3 rings (SSSR count). The van der Waals surface area contributed by atoms with Crippen LogP contribution in [0.2, 0.25) is 0 Å². The van der Waals surface area contributed by atoms with Crippen LogP contribution < -0.4 is 4.74 Å². The maximum Gasteiger partial charge on any atom is 0.257 e. The van der Waals surface area contributed by atoms with Crippen LogP contribution in [0.5, 0.6) is 5.75 Å². The van der Waals surface area contributed by atoms with Gasteiger partial charge in [-0.3, -0.25) is 9.89 Å². The molecule has 1 aromatic carbocycles. The number of piperidine rings is 1. The highest BCUT2D eigenvalue weighted by Gasteiger charge is 2.29. The van der Waals surface area contributed by atoms with Crippen LogP contribution in [-0.4, -0.2) is 45.3 Å². The number of carbonyl (C=O) groups is 1. The molecule has 0 radical (unpaired) electrons. The van der Waals surface area contributed by atoms with Crippen LogP contribution in [0.25, 0.3) is 0 Å². The molecule has 6 nitrogen and oxygen atoms in total. The third kappa shape index (κ3) is 3.21. The number of H-pyrrole nitrogens is 1. The van der Waals surface area contributed by atoms with Crippen molar-refractivity contribution in [3.8, 4) is 5.75 Å². The maximum absolute atomic E-state index is 13.0. The van der Waals surface area contributed by atoms with Crippen LogP contribution in [0.1, 0.15) is 41.9 Å². The van der Waals surface area contributed by atoms with Gasteiger partial charge in [0.1, 0.15) is 11.6 Å². The lowest BCUT2D eigenvalue weighted by atomic mass is 9.96. The number of amides is 1. The zero-order chi connectivity index (χ0) is 17.1. The molecule has 1 atom stereocenters. The molecule has 1 amide bonds. The summed E-state index contributed by atoms with van der Waals surface area (Å²) in [6.07, 6.45) is 1.96. The van der Waals surface area contributed by atoms with Gasteiger partial charge in [0, 0.05) is 26.1 Å².